The van der Waals surface area contributed by atoms with Gasteiger partial charge >= 0.3 is 0 Å². The maximum Gasteiger partial charge on any atom is 0.268 e. The maximum absolute atomic E-state index is 13.3. The molecular weight excluding hydrogens is 410 g/mol. The average molecular weight is 442 g/mol. The molecule has 1 aliphatic rings. The summed E-state index contributed by atoms with van der Waals surface area (Å²) in [7, 11) is 0. The Balaban J connectivity index is 0.000000821. The van der Waals surface area contributed by atoms with Gasteiger partial charge in [-0.15, -0.1) is 0 Å². The predicted octanol–water partition coefficient (Wildman–Crippen LogP) is 4.19. The van der Waals surface area contributed by atoms with Crippen LogP contribution in [0.25, 0.3) is 21.7 Å². The lowest BCUT2D eigenvalue weighted by Gasteiger charge is -2.24. The lowest BCUT2D eigenvalue weighted by Crippen LogP contribution is -2.46. The first kappa shape index (κ1) is 22.6. The van der Waals surface area contributed by atoms with E-state index in [4.69, 9.17) is 5.41 Å². The van der Waals surface area contributed by atoms with Crippen molar-refractivity contribution in [1.29, 1.82) is 5.41 Å². The lowest BCUT2D eigenvalue weighted by atomic mass is 10.0. The summed E-state index contributed by atoms with van der Waals surface area (Å²) in [6.45, 7) is 4.64. The fourth-order valence-electron chi connectivity index (χ4n) is 4.56. The number of nitrogens with zero attached hydrogens (tertiary/aromatic N) is 1. The second-order valence-corrected chi connectivity index (χ2v) is 8.50. The molecule has 0 spiro atoms. The van der Waals surface area contributed by atoms with Crippen molar-refractivity contribution in [1.82, 2.24) is 15.2 Å². The van der Waals surface area contributed by atoms with Gasteiger partial charge in [-0.3, -0.25) is 10.2 Å². The number of fused-ring (bicyclic) bond motifs is 2. The molecule has 6 nitrogen and oxygen atoms in total. The molecule has 6 heteroatoms. The molecule has 5 N–H and O–H groups in total. The minimum absolute atomic E-state index is 0.0118. The molecule has 1 aliphatic heterocycles. The number of nitrogens with two attached hydrogens (primary N) is 1. The number of rotatable bonds is 4. The highest BCUT2D eigenvalue weighted by atomic mass is 16.2. The van der Waals surface area contributed by atoms with Gasteiger partial charge in [0.05, 0.1) is 6.34 Å². The molecule has 0 saturated carbocycles. The summed E-state index contributed by atoms with van der Waals surface area (Å²) in [5.41, 5.74) is 8.65. The Labute approximate surface area is 194 Å². The van der Waals surface area contributed by atoms with Crippen LogP contribution in [0.15, 0.2) is 66.7 Å². The van der Waals surface area contributed by atoms with E-state index in [0.717, 1.165) is 48.9 Å². The highest BCUT2D eigenvalue weighted by molar-refractivity contribution is 5.99. The summed E-state index contributed by atoms with van der Waals surface area (Å²) < 4.78 is 2.18. The topological polar surface area (TPSA) is 95.9 Å². The van der Waals surface area contributed by atoms with E-state index in [-0.39, 0.29) is 11.9 Å². The zero-order valence-corrected chi connectivity index (χ0v) is 19.0. The van der Waals surface area contributed by atoms with Gasteiger partial charge in [0, 0.05) is 30.0 Å². The van der Waals surface area contributed by atoms with Crippen LogP contribution in [-0.4, -0.2) is 35.9 Å². The van der Waals surface area contributed by atoms with Crippen molar-refractivity contribution in [2.75, 3.05) is 13.1 Å². The monoisotopic (exact) mass is 441 g/mol. The van der Waals surface area contributed by atoms with Gasteiger partial charge in [0.15, 0.2) is 0 Å². The Kier molecular flexibility index (Phi) is 7.05. The van der Waals surface area contributed by atoms with Crippen LogP contribution in [0.1, 0.15) is 34.5 Å². The molecule has 4 aromatic rings. The molecule has 1 atom stereocenters. The van der Waals surface area contributed by atoms with Crippen LogP contribution in [0.2, 0.25) is 0 Å². The lowest BCUT2D eigenvalue weighted by molar-refractivity contribution is 0.0922. The number of carbonyl (C=O) groups is 1. The molecule has 1 saturated heterocycles. The normalized spacial score (nSPS) is 15.6. The smallest absolute Gasteiger partial charge is 0.268 e. The number of piperidine rings is 1. The maximum atomic E-state index is 13.3. The van der Waals surface area contributed by atoms with E-state index >= 15 is 0 Å². The van der Waals surface area contributed by atoms with E-state index in [1.807, 2.05) is 6.07 Å². The van der Waals surface area contributed by atoms with Gasteiger partial charge in [0.2, 0.25) is 0 Å². The number of nitrogens with one attached hydrogen (secondary N) is 3. The van der Waals surface area contributed by atoms with E-state index in [1.54, 1.807) is 0 Å². The van der Waals surface area contributed by atoms with Crippen molar-refractivity contribution < 1.29 is 4.79 Å². The summed E-state index contributed by atoms with van der Waals surface area (Å²) >= 11 is 0. The minimum Gasteiger partial charge on any atom is -0.390 e. The van der Waals surface area contributed by atoms with Crippen molar-refractivity contribution in [3.8, 4) is 0 Å². The van der Waals surface area contributed by atoms with Crippen LogP contribution in [-0.2, 0) is 6.54 Å². The SMILES string of the molecule is Cc1ccc2cc(C(=O)NC3CCCNC3)n(Cc3cccc4ccccc34)c2c1.N=CN. The Hall–Kier alpha value is -3.64. The van der Waals surface area contributed by atoms with Gasteiger partial charge in [0.25, 0.3) is 5.91 Å². The third kappa shape index (κ3) is 5.07. The standard InChI is InChI=1S/C26H27N3O.CH4N2/c1-18-11-12-20-15-25(26(30)28-22-9-5-13-27-16-22)29(24(20)14-18)17-21-8-4-7-19-6-2-3-10-23(19)21;2-1-3/h2-4,6-8,10-12,14-15,22,27H,5,9,13,16-17H2,1H3,(H,28,30);1H,(H3,2,3). The Morgan fingerprint density at radius 2 is 1.94 bits per heavy atom. The minimum atomic E-state index is 0.0118. The highest BCUT2D eigenvalue weighted by Gasteiger charge is 2.21. The molecule has 5 rings (SSSR count). The predicted molar refractivity (Wildman–Crippen MR) is 136 cm³/mol. The van der Waals surface area contributed by atoms with Crippen molar-refractivity contribution in [2.45, 2.75) is 32.4 Å². The number of aryl methyl sites for hydroxylation is 1. The first-order chi connectivity index (χ1) is 16.1. The van der Waals surface area contributed by atoms with E-state index in [0.29, 0.717) is 6.54 Å². The van der Waals surface area contributed by atoms with Gasteiger partial charge in [-0.1, -0.05) is 54.6 Å². The Bertz CT molecular complexity index is 1260. The summed E-state index contributed by atoms with van der Waals surface area (Å²) in [5.74, 6) is 0.0118. The van der Waals surface area contributed by atoms with E-state index < -0.39 is 0 Å². The van der Waals surface area contributed by atoms with E-state index in [1.165, 1.54) is 21.9 Å². The second-order valence-electron chi connectivity index (χ2n) is 8.50. The zero-order valence-electron chi connectivity index (χ0n) is 19.0. The number of benzene rings is 3. The zero-order chi connectivity index (χ0) is 23.2. The van der Waals surface area contributed by atoms with Crippen LogP contribution in [0.3, 0.4) is 0 Å². The number of carbonyl (C=O) groups excluding carboxylic acids is 1. The van der Waals surface area contributed by atoms with Gasteiger partial charge in [-0.2, -0.15) is 0 Å². The molecule has 1 fully saturated rings. The first-order valence-corrected chi connectivity index (χ1v) is 11.4. The Morgan fingerprint density at radius 1 is 1.15 bits per heavy atom. The van der Waals surface area contributed by atoms with Gasteiger partial charge < -0.3 is 20.9 Å². The van der Waals surface area contributed by atoms with Crippen LogP contribution in [0.5, 0.6) is 0 Å². The van der Waals surface area contributed by atoms with E-state index in [2.05, 4.69) is 88.5 Å². The molecule has 1 amide bonds. The molecule has 0 bridgehead atoms. The molecule has 0 aliphatic carbocycles. The quantitative estimate of drug-likeness (QED) is 0.282. The van der Waals surface area contributed by atoms with Crippen molar-refractivity contribution in [2.24, 2.45) is 5.73 Å². The molecule has 0 radical (unpaired) electrons. The van der Waals surface area contributed by atoms with Gasteiger partial charge in [-0.25, -0.2) is 0 Å². The molecule has 1 aromatic heterocycles. The summed E-state index contributed by atoms with van der Waals surface area (Å²) in [4.78, 5) is 13.3. The third-order valence-electron chi connectivity index (χ3n) is 6.13. The van der Waals surface area contributed by atoms with Gasteiger partial charge in [-0.05, 0) is 60.3 Å². The van der Waals surface area contributed by atoms with E-state index in [9.17, 15) is 4.79 Å². The molecule has 3 aromatic carbocycles. The van der Waals surface area contributed by atoms with Crippen LogP contribution < -0.4 is 16.4 Å². The fourth-order valence-corrected chi connectivity index (χ4v) is 4.56. The van der Waals surface area contributed by atoms with Crippen LogP contribution in [0.4, 0.5) is 0 Å². The van der Waals surface area contributed by atoms with Gasteiger partial charge in [0.1, 0.15) is 5.69 Å². The molecule has 1 unspecified atom stereocenters. The first-order valence-electron chi connectivity index (χ1n) is 11.4. The number of hydrogen-bond acceptors (Lipinski definition) is 3. The van der Waals surface area contributed by atoms with Crippen molar-refractivity contribution >= 4 is 33.9 Å². The molecule has 170 valence electrons. The number of hydrogen-bond donors (Lipinski definition) is 4. The summed E-state index contributed by atoms with van der Waals surface area (Å²) in [6, 6.07) is 23.5. The number of amides is 1. The van der Waals surface area contributed by atoms with Crippen molar-refractivity contribution in [3.63, 3.8) is 0 Å². The summed E-state index contributed by atoms with van der Waals surface area (Å²) in [6.07, 6.45) is 2.88. The van der Waals surface area contributed by atoms with Crippen LogP contribution >= 0.6 is 0 Å². The molecular formula is C27H31N5O. The third-order valence-corrected chi connectivity index (χ3v) is 6.13. The van der Waals surface area contributed by atoms with Crippen molar-refractivity contribution in [3.05, 3.63) is 83.6 Å². The highest BCUT2D eigenvalue weighted by Crippen LogP contribution is 2.26. The fraction of sp³-hybridized carbons (Fsp3) is 0.259. The average Bonchev–Trinajstić information content (AvgIpc) is 3.18. The second kappa shape index (κ2) is 10.3. The summed E-state index contributed by atoms with van der Waals surface area (Å²) in [5, 5.41) is 16.1. The number of aromatic nitrogens is 1. The Morgan fingerprint density at radius 3 is 2.73 bits per heavy atom. The molecule has 33 heavy (non-hydrogen) atoms. The largest absolute Gasteiger partial charge is 0.390 e. The molecule has 2 heterocycles. The van der Waals surface area contributed by atoms with Crippen LogP contribution in [0, 0.1) is 12.3 Å².